The number of aryl methyl sites for hydroxylation is 1. The molecule has 1 atom stereocenters. The van der Waals surface area contributed by atoms with E-state index in [9.17, 15) is 13.2 Å². The van der Waals surface area contributed by atoms with Crippen LogP contribution in [0.25, 0.3) is 0 Å². The molecule has 0 radical (unpaired) electrons. The molecule has 1 saturated carbocycles. The van der Waals surface area contributed by atoms with Gasteiger partial charge in [0, 0.05) is 25.5 Å². The van der Waals surface area contributed by atoms with Crippen LogP contribution in [-0.2, 0) is 21.7 Å². The fourth-order valence-electron chi connectivity index (χ4n) is 3.41. The number of sulfone groups is 1. The number of carbonyl (C=O) groups is 1. The van der Waals surface area contributed by atoms with Crippen LogP contribution in [0.15, 0.2) is 29.8 Å². The molecule has 26 heavy (non-hydrogen) atoms. The van der Waals surface area contributed by atoms with Gasteiger partial charge >= 0.3 is 0 Å². The normalized spacial score (nSPS) is 16.7. The zero-order chi connectivity index (χ0) is 18.7. The fraction of sp³-hybridized carbons (Fsp3) is 0.588. The molecule has 2 aromatic rings. The Morgan fingerprint density at radius 2 is 2.12 bits per heavy atom. The van der Waals surface area contributed by atoms with Gasteiger partial charge in [-0.05, 0) is 12.3 Å². The first kappa shape index (κ1) is 18.6. The zero-order valence-corrected chi connectivity index (χ0v) is 15.9. The Bertz CT molecular complexity index is 865. The smallest absolute Gasteiger partial charge is 0.248 e. The lowest BCUT2D eigenvalue weighted by atomic mass is 9.97. The van der Waals surface area contributed by atoms with Gasteiger partial charge in [-0.1, -0.05) is 32.6 Å². The number of imidazole rings is 1. The quantitative estimate of drug-likeness (QED) is 0.795. The first-order valence-corrected chi connectivity index (χ1v) is 10.6. The van der Waals surface area contributed by atoms with E-state index in [1.807, 2.05) is 0 Å². The van der Waals surface area contributed by atoms with Crippen LogP contribution in [0.4, 0.5) is 5.82 Å². The van der Waals surface area contributed by atoms with E-state index >= 15 is 0 Å². The summed E-state index contributed by atoms with van der Waals surface area (Å²) in [5, 5.41) is 7.02. The maximum absolute atomic E-state index is 12.9. The molecule has 3 rings (SSSR count). The van der Waals surface area contributed by atoms with Gasteiger partial charge in [0.05, 0.1) is 12.1 Å². The average Bonchev–Trinajstić information content (AvgIpc) is 3.34. The van der Waals surface area contributed by atoms with Crippen molar-refractivity contribution in [2.24, 2.45) is 13.0 Å². The zero-order valence-electron chi connectivity index (χ0n) is 15.1. The van der Waals surface area contributed by atoms with E-state index in [4.69, 9.17) is 0 Å². The van der Waals surface area contributed by atoms with Crippen LogP contribution in [0.5, 0.6) is 0 Å². The van der Waals surface area contributed by atoms with Crippen molar-refractivity contribution >= 4 is 21.6 Å². The Labute approximate surface area is 153 Å². The van der Waals surface area contributed by atoms with Crippen molar-refractivity contribution in [2.45, 2.75) is 50.1 Å². The second-order valence-electron chi connectivity index (χ2n) is 6.83. The largest absolute Gasteiger partial charge is 0.324 e. The summed E-state index contributed by atoms with van der Waals surface area (Å²) < 4.78 is 27.4. The summed E-state index contributed by atoms with van der Waals surface area (Å²) in [5.74, 6) is 0.726. The SMILES string of the molecule is CCS(=O)(=O)c1cn([C@@H](CC2CCCC2)C(=O)Nc2ccn(C)n2)cn1. The van der Waals surface area contributed by atoms with E-state index in [0.717, 1.165) is 12.8 Å². The summed E-state index contributed by atoms with van der Waals surface area (Å²) in [7, 11) is -1.62. The Morgan fingerprint density at radius 1 is 1.38 bits per heavy atom. The number of aromatic nitrogens is 4. The molecule has 0 aliphatic heterocycles. The van der Waals surface area contributed by atoms with E-state index in [0.29, 0.717) is 18.2 Å². The molecule has 0 unspecified atom stereocenters. The van der Waals surface area contributed by atoms with Gasteiger partial charge in [0.1, 0.15) is 6.04 Å². The lowest BCUT2D eigenvalue weighted by molar-refractivity contribution is -0.119. The Hall–Kier alpha value is -2.16. The van der Waals surface area contributed by atoms with Crippen LogP contribution in [0.1, 0.15) is 45.1 Å². The number of amides is 1. The Morgan fingerprint density at radius 3 is 2.73 bits per heavy atom. The maximum atomic E-state index is 12.9. The molecule has 8 nitrogen and oxygen atoms in total. The second-order valence-corrected chi connectivity index (χ2v) is 9.05. The first-order chi connectivity index (χ1) is 12.4. The highest BCUT2D eigenvalue weighted by atomic mass is 32.2. The highest BCUT2D eigenvalue weighted by Crippen LogP contribution is 2.32. The third-order valence-electron chi connectivity index (χ3n) is 4.94. The molecular formula is C17H25N5O3S. The number of nitrogens with zero attached hydrogens (tertiary/aromatic N) is 4. The van der Waals surface area contributed by atoms with Gasteiger partial charge in [0.2, 0.25) is 5.91 Å². The topological polar surface area (TPSA) is 98.9 Å². The van der Waals surface area contributed by atoms with Crippen LogP contribution in [-0.4, -0.2) is 39.4 Å². The molecular weight excluding hydrogens is 354 g/mol. The van der Waals surface area contributed by atoms with Gasteiger partial charge in [-0.3, -0.25) is 9.48 Å². The highest BCUT2D eigenvalue weighted by Gasteiger charge is 2.28. The summed E-state index contributed by atoms with van der Waals surface area (Å²) in [4.78, 5) is 16.9. The molecule has 1 N–H and O–H groups in total. The predicted octanol–water partition coefficient (Wildman–Crippen LogP) is 2.17. The van der Waals surface area contributed by atoms with Gasteiger partial charge < -0.3 is 9.88 Å². The number of carbonyl (C=O) groups excluding carboxylic acids is 1. The van der Waals surface area contributed by atoms with Crippen molar-refractivity contribution in [1.29, 1.82) is 0 Å². The van der Waals surface area contributed by atoms with Crippen molar-refractivity contribution in [2.75, 3.05) is 11.1 Å². The minimum absolute atomic E-state index is 0.0158. The minimum atomic E-state index is -3.40. The summed E-state index contributed by atoms with van der Waals surface area (Å²) in [6.07, 6.45) is 9.89. The van der Waals surface area contributed by atoms with E-state index in [-0.39, 0.29) is 16.7 Å². The lowest BCUT2D eigenvalue weighted by Gasteiger charge is -2.20. The number of hydrogen-bond donors (Lipinski definition) is 1. The number of nitrogens with one attached hydrogen (secondary N) is 1. The molecule has 0 spiro atoms. The molecule has 9 heteroatoms. The van der Waals surface area contributed by atoms with Gasteiger partial charge in [-0.15, -0.1) is 0 Å². The molecule has 2 aromatic heterocycles. The van der Waals surface area contributed by atoms with E-state index in [1.165, 1.54) is 25.4 Å². The minimum Gasteiger partial charge on any atom is -0.324 e. The molecule has 142 valence electrons. The Kier molecular flexibility index (Phi) is 5.45. The van der Waals surface area contributed by atoms with Crippen LogP contribution < -0.4 is 5.32 Å². The van der Waals surface area contributed by atoms with Crippen molar-refractivity contribution in [3.05, 3.63) is 24.8 Å². The first-order valence-electron chi connectivity index (χ1n) is 8.96. The summed E-state index contributed by atoms with van der Waals surface area (Å²) >= 11 is 0. The average molecular weight is 379 g/mol. The maximum Gasteiger partial charge on any atom is 0.248 e. The van der Waals surface area contributed by atoms with Crippen molar-refractivity contribution in [3.63, 3.8) is 0 Å². The van der Waals surface area contributed by atoms with Crippen molar-refractivity contribution in [1.82, 2.24) is 19.3 Å². The van der Waals surface area contributed by atoms with Crippen LogP contribution in [0.3, 0.4) is 0 Å². The molecule has 1 fully saturated rings. The third-order valence-corrected chi connectivity index (χ3v) is 6.54. The van der Waals surface area contributed by atoms with Gasteiger partial charge in [0.15, 0.2) is 20.7 Å². The summed E-state index contributed by atoms with van der Waals surface area (Å²) in [6, 6.07) is 1.22. The van der Waals surface area contributed by atoms with E-state index in [2.05, 4.69) is 15.4 Å². The molecule has 0 aromatic carbocycles. The lowest BCUT2D eigenvalue weighted by Crippen LogP contribution is -2.27. The highest BCUT2D eigenvalue weighted by molar-refractivity contribution is 7.91. The number of anilines is 1. The van der Waals surface area contributed by atoms with Gasteiger partial charge in [0.25, 0.3) is 0 Å². The fourth-order valence-corrected chi connectivity index (χ4v) is 4.20. The molecule has 0 saturated heterocycles. The molecule has 1 amide bonds. The summed E-state index contributed by atoms with van der Waals surface area (Å²) in [6.45, 7) is 1.58. The predicted molar refractivity (Wildman–Crippen MR) is 97.4 cm³/mol. The van der Waals surface area contributed by atoms with E-state index in [1.54, 1.807) is 35.5 Å². The molecule has 1 aliphatic carbocycles. The molecule has 0 bridgehead atoms. The number of hydrogen-bond acceptors (Lipinski definition) is 5. The molecule has 1 aliphatic rings. The van der Waals surface area contributed by atoms with Gasteiger partial charge in [-0.2, -0.15) is 5.10 Å². The van der Waals surface area contributed by atoms with Crippen LogP contribution in [0.2, 0.25) is 0 Å². The standard InChI is InChI=1S/C17H25N5O3S/c1-3-26(24,25)16-11-22(12-18-16)14(10-13-6-4-5-7-13)17(23)19-15-8-9-21(2)20-15/h8-9,11-14H,3-7,10H2,1-2H3,(H,19,20,23)/t14-/m0/s1. The third kappa shape index (κ3) is 4.14. The summed E-state index contributed by atoms with van der Waals surface area (Å²) in [5.41, 5.74) is 0. The van der Waals surface area contributed by atoms with Crippen molar-refractivity contribution in [3.8, 4) is 0 Å². The van der Waals surface area contributed by atoms with E-state index < -0.39 is 15.9 Å². The van der Waals surface area contributed by atoms with Crippen molar-refractivity contribution < 1.29 is 13.2 Å². The molecule has 2 heterocycles. The monoisotopic (exact) mass is 379 g/mol. The second kappa shape index (κ2) is 7.61. The van der Waals surface area contributed by atoms with Gasteiger partial charge in [-0.25, -0.2) is 13.4 Å². The van der Waals surface area contributed by atoms with Crippen LogP contribution >= 0.6 is 0 Å². The Balaban J connectivity index is 1.83. The number of rotatable bonds is 7. The van der Waals surface area contributed by atoms with Crippen LogP contribution in [0, 0.1) is 5.92 Å².